The first-order valence-corrected chi connectivity index (χ1v) is 9.38. The Labute approximate surface area is 169 Å². The van der Waals surface area contributed by atoms with Gasteiger partial charge in [-0.1, -0.05) is 28.1 Å². The summed E-state index contributed by atoms with van der Waals surface area (Å²) in [7, 11) is 0. The number of hydrogen-bond acceptors (Lipinski definition) is 4. The maximum atomic E-state index is 13.2. The third-order valence-corrected chi connectivity index (χ3v) is 5.19. The van der Waals surface area contributed by atoms with Crippen LogP contribution in [0.1, 0.15) is 35.7 Å². The van der Waals surface area contributed by atoms with Crippen LogP contribution in [-0.4, -0.2) is 28.9 Å². The number of rotatable bonds is 6. The number of carbonyl (C=O) groups excluding carboxylic acids is 1. The van der Waals surface area contributed by atoms with Gasteiger partial charge >= 0.3 is 5.97 Å². The van der Waals surface area contributed by atoms with Crippen molar-refractivity contribution < 1.29 is 23.8 Å². The van der Waals surface area contributed by atoms with E-state index in [0.717, 1.165) is 5.56 Å². The monoisotopic (exact) mass is 448 g/mol. The number of benzene rings is 2. The lowest BCUT2D eigenvalue weighted by Gasteiger charge is -2.19. The molecule has 1 fully saturated rings. The Balaban J connectivity index is 1.81. The average molecular weight is 449 g/mol. The van der Waals surface area contributed by atoms with E-state index in [9.17, 15) is 14.0 Å². The Morgan fingerprint density at radius 2 is 1.89 bits per heavy atom. The molecule has 1 amide bonds. The molecular formula is C20H18BrFN2O4. The van der Waals surface area contributed by atoms with Crippen LogP contribution in [0.3, 0.4) is 0 Å². The number of carboxylic acid groups (broad SMARTS) is 1. The van der Waals surface area contributed by atoms with Crippen molar-refractivity contribution in [3.63, 3.8) is 0 Å². The van der Waals surface area contributed by atoms with Gasteiger partial charge in [-0.3, -0.25) is 10.2 Å². The zero-order valence-corrected chi connectivity index (χ0v) is 16.5. The van der Waals surface area contributed by atoms with Gasteiger partial charge in [0.05, 0.1) is 11.0 Å². The van der Waals surface area contributed by atoms with Gasteiger partial charge in [0.1, 0.15) is 17.4 Å². The van der Waals surface area contributed by atoms with Crippen LogP contribution in [0.5, 0.6) is 5.75 Å². The molecule has 1 saturated carbocycles. The van der Waals surface area contributed by atoms with Gasteiger partial charge in [0, 0.05) is 4.47 Å². The molecule has 3 N–H and O–H groups in total. The zero-order valence-electron chi connectivity index (χ0n) is 15.0. The van der Waals surface area contributed by atoms with Crippen molar-refractivity contribution in [1.82, 2.24) is 5.32 Å². The van der Waals surface area contributed by atoms with Crippen LogP contribution in [0.15, 0.2) is 46.9 Å². The van der Waals surface area contributed by atoms with E-state index in [4.69, 9.17) is 15.3 Å². The molecule has 6 nitrogen and oxygen atoms in total. The normalized spacial score (nSPS) is 15.4. The van der Waals surface area contributed by atoms with Crippen LogP contribution < -0.4 is 10.1 Å². The average Bonchev–Trinajstić information content (AvgIpc) is 3.45. The van der Waals surface area contributed by atoms with E-state index in [0.29, 0.717) is 17.3 Å². The fourth-order valence-electron chi connectivity index (χ4n) is 2.90. The number of nitrogens with one attached hydrogen (secondary N) is 2. The molecule has 0 radical (unpaired) electrons. The second-order valence-corrected chi connectivity index (χ2v) is 7.57. The first kappa shape index (κ1) is 20.0. The van der Waals surface area contributed by atoms with Crippen molar-refractivity contribution in [2.45, 2.75) is 31.3 Å². The fourth-order valence-corrected chi connectivity index (χ4v) is 3.26. The van der Waals surface area contributed by atoms with Gasteiger partial charge in [-0.2, -0.15) is 0 Å². The summed E-state index contributed by atoms with van der Waals surface area (Å²) in [5.74, 6) is -1.97. The summed E-state index contributed by atoms with van der Waals surface area (Å²) < 4.78 is 19.2. The predicted molar refractivity (Wildman–Crippen MR) is 104 cm³/mol. The van der Waals surface area contributed by atoms with Gasteiger partial charge in [-0.25, -0.2) is 9.18 Å². The molecule has 8 heteroatoms. The van der Waals surface area contributed by atoms with Gasteiger partial charge in [0.15, 0.2) is 6.10 Å². The van der Waals surface area contributed by atoms with Crippen molar-refractivity contribution in [1.29, 1.82) is 5.41 Å². The molecule has 2 aromatic carbocycles. The fraction of sp³-hybridized carbons (Fsp3) is 0.250. The molecule has 2 aromatic rings. The van der Waals surface area contributed by atoms with Gasteiger partial charge in [-0.05, 0) is 55.7 Å². The number of amidine groups is 1. The molecule has 1 aliphatic rings. The highest BCUT2D eigenvalue weighted by Gasteiger charge is 2.49. The highest BCUT2D eigenvalue weighted by atomic mass is 79.9. The Morgan fingerprint density at radius 1 is 1.25 bits per heavy atom. The molecule has 28 heavy (non-hydrogen) atoms. The molecule has 0 bridgehead atoms. The maximum absolute atomic E-state index is 13.2. The lowest BCUT2D eigenvalue weighted by molar-refractivity contribution is -0.144. The molecule has 0 aliphatic heterocycles. The smallest absolute Gasteiger partial charge is 0.344 e. The van der Waals surface area contributed by atoms with E-state index in [2.05, 4.69) is 21.2 Å². The molecule has 146 valence electrons. The number of ether oxygens (including phenoxy) is 1. The number of hydrogen-bond donors (Lipinski definition) is 3. The molecule has 1 atom stereocenters. The number of amides is 1. The molecule has 0 heterocycles. The van der Waals surface area contributed by atoms with E-state index in [1.165, 1.54) is 31.2 Å². The van der Waals surface area contributed by atoms with Gasteiger partial charge in [-0.15, -0.1) is 0 Å². The summed E-state index contributed by atoms with van der Waals surface area (Å²) in [6.07, 6.45) is 0.215. The van der Waals surface area contributed by atoms with Crippen molar-refractivity contribution in [2.75, 3.05) is 0 Å². The Hall–Kier alpha value is -2.74. The predicted octanol–water partition coefficient (Wildman–Crippen LogP) is 3.88. The minimum absolute atomic E-state index is 0.0151. The molecule has 3 rings (SSSR count). The SMILES string of the molecule is C[C@H](Oc1ccc(Br)cc1C(=O)NC(=N)C1(c2ccc(F)cc2)CC1)C(=O)O. The highest BCUT2D eigenvalue weighted by molar-refractivity contribution is 9.10. The topological polar surface area (TPSA) is 99.5 Å². The van der Waals surface area contributed by atoms with E-state index in [1.54, 1.807) is 18.2 Å². The van der Waals surface area contributed by atoms with E-state index in [1.807, 2.05) is 0 Å². The second kappa shape index (κ2) is 7.71. The van der Waals surface area contributed by atoms with Crippen molar-refractivity contribution in [2.24, 2.45) is 0 Å². The third-order valence-electron chi connectivity index (χ3n) is 4.70. The second-order valence-electron chi connectivity index (χ2n) is 6.66. The van der Waals surface area contributed by atoms with Crippen LogP contribution in [0, 0.1) is 11.2 Å². The minimum Gasteiger partial charge on any atom is -0.479 e. The quantitative estimate of drug-likeness (QED) is 0.461. The van der Waals surface area contributed by atoms with Crippen molar-refractivity contribution in [3.8, 4) is 5.75 Å². The van der Waals surface area contributed by atoms with Crippen LogP contribution in [0.2, 0.25) is 0 Å². The summed E-state index contributed by atoms with van der Waals surface area (Å²) in [5.41, 5.74) is 0.247. The standard InChI is InChI=1S/C20H18BrFN2O4/c1-11(18(26)27)28-16-7-4-13(21)10-15(16)17(25)24-19(23)20(8-9-20)12-2-5-14(22)6-3-12/h2-7,10-11H,8-9H2,1H3,(H,26,27)(H2,23,24,25)/t11-/m0/s1. The summed E-state index contributed by atoms with van der Waals surface area (Å²) in [4.78, 5) is 23.8. The molecule has 0 unspecified atom stereocenters. The highest BCUT2D eigenvalue weighted by Crippen LogP contribution is 2.48. The summed E-state index contributed by atoms with van der Waals surface area (Å²) in [6.45, 7) is 1.36. The lowest BCUT2D eigenvalue weighted by Crippen LogP contribution is -2.38. The molecule has 0 saturated heterocycles. The van der Waals surface area contributed by atoms with E-state index >= 15 is 0 Å². The number of carbonyl (C=O) groups is 2. The summed E-state index contributed by atoms with van der Waals surface area (Å²) in [6, 6.07) is 10.5. The first-order valence-electron chi connectivity index (χ1n) is 8.58. The van der Waals surface area contributed by atoms with Crippen molar-refractivity contribution in [3.05, 3.63) is 63.9 Å². The van der Waals surface area contributed by atoms with Gasteiger partial charge in [0.2, 0.25) is 0 Å². The maximum Gasteiger partial charge on any atom is 0.344 e. The minimum atomic E-state index is -1.16. The third kappa shape index (κ3) is 4.06. The Morgan fingerprint density at radius 3 is 2.46 bits per heavy atom. The zero-order chi connectivity index (χ0) is 20.5. The summed E-state index contributed by atoms with van der Waals surface area (Å²) in [5, 5.41) is 20.0. The number of aliphatic carboxylic acids is 1. The Kier molecular flexibility index (Phi) is 5.51. The van der Waals surface area contributed by atoms with Gasteiger partial charge < -0.3 is 15.2 Å². The van der Waals surface area contributed by atoms with Crippen LogP contribution in [0.25, 0.3) is 0 Å². The molecule has 0 spiro atoms. The summed E-state index contributed by atoms with van der Waals surface area (Å²) >= 11 is 3.28. The van der Waals surface area contributed by atoms with Crippen LogP contribution in [0.4, 0.5) is 4.39 Å². The van der Waals surface area contributed by atoms with Crippen LogP contribution in [-0.2, 0) is 10.2 Å². The largest absolute Gasteiger partial charge is 0.479 e. The number of carboxylic acids is 1. The lowest BCUT2D eigenvalue weighted by atomic mass is 9.94. The van der Waals surface area contributed by atoms with Crippen LogP contribution >= 0.6 is 15.9 Å². The van der Waals surface area contributed by atoms with E-state index in [-0.39, 0.29) is 23.0 Å². The number of halogens is 2. The Bertz CT molecular complexity index is 942. The first-order chi connectivity index (χ1) is 13.2. The molecule has 1 aliphatic carbocycles. The molecular weight excluding hydrogens is 431 g/mol. The van der Waals surface area contributed by atoms with E-state index < -0.39 is 23.4 Å². The van der Waals surface area contributed by atoms with Crippen molar-refractivity contribution >= 4 is 33.6 Å². The van der Waals surface area contributed by atoms with Gasteiger partial charge in [0.25, 0.3) is 5.91 Å². The molecule has 0 aromatic heterocycles.